The quantitative estimate of drug-likeness (QED) is 0.850. The molecule has 2 nitrogen and oxygen atoms in total. The largest absolute Gasteiger partial charge is 0.379 e. The maximum atomic E-state index is 8.94. The summed E-state index contributed by atoms with van der Waals surface area (Å²) in [5.74, 6) is 0. The zero-order valence-electron chi connectivity index (χ0n) is 12.1. The van der Waals surface area contributed by atoms with E-state index >= 15 is 0 Å². The fraction of sp³-hybridized carbons (Fsp3) is 0.278. The van der Waals surface area contributed by atoms with Crippen LogP contribution in [0.4, 0.5) is 5.69 Å². The summed E-state index contributed by atoms with van der Waals surface area (Å²) < 4.78 is 0. The molecule has 102 valence electrons. The molecule has 0 aliphatic carbocycles. The Balaban J connectivity index is 2.07. The fourth-order valence-corrected chi connectivity index (χ4v) is 2.27. The topological polar surface area (TPSA) is 35.8 Å². The Bertz CT molecular complexity index is 594. The van der Waals surface area contributed by atoms with Crippen molar-refractivity contribution in [2.24, 2.45) is 0 Å². The summed E-state index contributed by atoms with van der Waals surface area (Å²) in [7, 11) is 0. The molecule has 0 aliphatic heterocycles. The third kappa shape index (κ3) is 3.61. The maximum absolute atomic E-state index is 8.94. The Morgan fingerprint density at radius 1 is 1.15 bits per heavy atom. The normalized spacial score (nSPS) is 11.7. The molecule has 1 atom stereocenters. The van der Waals surface area contributed by atoms with Crippen LogP contribution in [0.5, 0.6) is 0 Å². The Kier molecular flexibility index (Phi) is 4.79. The predicted molar refractivity (Wildman–Crippen MR) is 83.6 cm³/mol. The van der Waals surface area contributed by atoms with Gasteiger partial charge in [-0.2, -0.15) is 5.26 Å². The molecular formula is C18H20N2. The molecule has 0 amide bonds. The van der Waals surface area contributed by atoms with E-state index in [0.29, 0.717) is 5.56 Å². The van der Waals surface area contributed by atoms with E-state index in [1.807, 2.05) is 24.3 Å². The first-order valence-corrected chi connectivity index (χ1v) is 7.08. The van der Waals surface area contributed by atoms with Gasteiger partial charge < -0.3 is 5.32 Å². The number of rotatable bonds is 5. The van der Waals surface area contributed by atoms with Crippen molar-refractivity contribution < 1.29 is 0 Å². The van der Waals surface area contributed by atoms with Crippen molar-refractivity contribution in [2.45, 2.75) is 32.7 Å². The predicted octanol–water partition coefficient (Wildman–Crippen LogP) is 4.68. The SMILES string of the molecule is CCCc1ccc(NC(C)c2cccc(C#N)c2)cc1. The highest BCUT2D eigenvalue weighted by molar-refractivity contribution is 5.47. The molecule has 0 fully saturated rings. The molecule has 0 saturated heterocycles. The van der Waals surface area contributed by atoms with Crippen LogP contribution in [0.3, 0.4) is 0 Å². The van der Waals surface area contributed by atoms with E-state index in [-0.39, 0.29) is 6.04 Å². The van der Waals surface area contributed by atoms with Gasteiger partial charge >= 0.3 is 0 Å². The van der Waals surface area contributed by atoms with Crippen molar-refractivity contribution in [2.75, 3.05) is 5.32 Å². The minimum Gasteiger partial charge on any atom is -0.379 e. The highest BCUT2D eigenvalue weighted by Crippen LogP contribution is 2.20. The highest BCUT2D eigenvalue weighted by atomic mass is 14.9. The molecule has 2 aromatic rings. The van der Waals surface area contributed by atoms with Crippen molar-refractivity contribution in [3.05, 3.63) is 65.2 Å². The molecule has 0 aliphatic rings. The second kappa shape index (κ2) is 6.77. The van der Waals surface area contributed by atoms with Crippen LogP contribution in [-0.4, -0.2) is 0 Å². The van der Waals surface area contributed by atoms with Crippen molar-refractivity contribution in [3.63, 3.8) is 0 Å². The van der Waals surface area contributed by atoms with Gasteiger partial charge in [0.1, 0.15) is 0 Å². The monoisotopic (exact) mass is 264 g/mol. The van der Waals surface area contributed by atoms with Crippen LogP contribution < -0.4 is 5.32 Å². The molecule has 1 unspecified atom stereocenters. The number of aryl methyl sites for hydroxylation is 1. The molecule has 20 heavy (non-hydrogen) atoms. The van der Waals surface area contributed by atoms with Crippen LogP contribution in [0, 0.1) is 11.3 Å². The maximum Gasteiger partial charge on any atom is 0.0991 e. The van der Waals surface area contributed by atoms with Gasteiger partial charge in [0.05, 0.1) is 11.6 Å². The lowest BCUT2D eigenvalue weighted by Gasteiger charge is -2.16. The van der Waals surface area contributed by atoms with Crippen LogP contribution in [0.2, 0.25) is 0 Å². The van der Waals surface area contributed by atoms with Gasteiger partial charge in [0.2, 0.25) is 0 Å². The molecule has 0 spiro atoms. The van der Waals surface area contributed by atoms with Gasteiger partial charge in [0.15, 0.2) is 0 Å². The number of nitrogens with zero attached hydrogens (tertiary/aromatic N) is 1. The van der Waals surface area contributed by atoms with Crippen LogP contribution in [0.25, 0.3) is 0 Å². The van der Waals surface area contributed by atoms with E-state index < -0.39 is 0 Å². The van der Waals surface area contributed by atoms with Crippen LogP contribution in [-0.2, 0) is 6.42 Å². The Morgan fingerprint density at radius 3 is 2.55 bits per heavy atom. The summed E-state index contributed by atoms with van der Waals surface area (Å²) in [6.45, 7) is 4.30. The minimum absolute atomic E-state index is 0.181. The molecule has 0 saturated carbocycles. The van der Waals surface area contributed by atoms with Crippen molar-refractivity contribution in [1.82, 2.24) is 0 Å². The first-order chi connectivity index (χ1) is 9.72. The smallest absolute Gasteiger partial charge is 0.0991 e. The second-order valence-electron chi connectivity index (χ2n) is 5.05. The lowest BCUT2D eigenvalue weighted by atomic mass is 10.0. The summed E-state index contributed by atoms with van der Waals surface area (Å²) >= 11 is 0. The van der Waals surface area contributed by atoms with E-state index in [0.717, 1.165) is 17.7 Å². The fourth-order valence-electron chi connectivity index (χ4n) is 2.27. The molecule has 0 heterocycles. The van der Waals surface area contributed by atoms with Crippen LogP contribution in [0.15, 0.2) is 48.5 Å². The summed E-state index contributed by atoms with van der Waals surface area (Å²) in [5.41, 5.74) is 4.31. The van der Waals surface area contributed by atoms with E-state index in [4.69, 9.17) is 5.26 Å². The molecule has 2 heteroatoms. The number of nitrogens with one attached hydrogen (secondary N) is 1. The molecule has 0 aromatic heterocycles. The average molecular weight is 264 g/mol. The number of anilines is 1. The minimum atomic E-state index is 0.181. The number of benzene rings is 2. The van der Waals surface area contributed by atoms with Crippen molar-refractivity contribution in [1.29, 1.82) is 5.26 Å². The first kappa shape index (κ1) is 14.1. The Labute approximate surface area is 121 Å². The first-order valence-electron chi connectivity index (χ1n) is 7.08. The Hall–Kier alpha value is -2.27. The van der Waals surface area contributed by atoms with E-state index in [2.05, 4.69) is 49.5 Å². The Morgan fingerprint density at radius 2 is 1.90 bits per heavy atom. The van der Waals surface area contributed by atoms with Gasteiger partial charge in [-0.05, 0) is 48.7 Å². The highest BCUT2D eigenvalue weighted by Gasteiger charge is 2.06. The average Bonchev–Trinajstić information content (AvgIpc) is 2.49. The molecule has 2 rings (SSSR count). The van der Waals surface area contributed by atoms with Gasteiger partial charge in [-0.1, -0.05) is 37.6 Å². The van der Waals surface area contributed by atoms with Crippen molar-refractivity contribution in [3.8, 4) is 6.07 Å². The van der Waals surface area contributed by atoms with Gasteiger partial charge in [-0.25, -0.2) is 0 Å². The third-order valence-corrected chi connectivity index (χ3v) is 3.39. The van der Waals surface area contributed by atoms with Gasteiger partial charge in [-0.3, -0.25) is 0 Å². The molecule has 2 aromatic carbocycles. The molecule has 1 N–H and O–H groups in total. The third-order valence-electron chi connectivity index (χ3n) is 3.39. The number of nitriles is 1. The summed E-state index contributed by atoms with van der Waals surface area (Å²) in [5, 5.41) is 12.4. The van der Waals surface area contributed by atoms with Gasteiger partial charge in [-0.15, -0.1) is 0 Å². The van der Waals surface area contributed by atoms with Crippen LogP contribution in [0.1, 0.15) is 43.0 Å². The number of hydrogen-bond donors (Lipinski definition) is 1. The molecule has 0 radical (unpaired) electrons. The van der Waals surface area contributed by atoms with Crippen LogP contribution >= 0.6 is 0 Å². The van der Waals surface area contributed by atoms with Crippen molar-refractivity contribution >= 4 is 5.69 Å². The standard InChI is InChI=1S/C18H20N2/c1-3-5-15-8-10-18(11-9-15)20-14(2)17-7-4-6-16(12-17)13-19/h4,6-12,14,20H,3,5H2,1-2H3. The van der Waals surface area contributed by atoms with Gasteiger partial charge in [0, 0.05) is 11.7 Å². The number of hydrogen-bond acceptors (Lipinski definition) is 2. The lowest BCUT2D eigenvalue weighted by Crippen LogP contribution is -2.06. The molecular weight excluding hydrogens is 244 g/mol. The molecule has 0 bridgehead atoms. The van der Waals surface area contributed by atoms with E-state index in [1.165, 1.54) is 12.0 Å². The van der Waals surface area contributed by atoms with E-state index in [9.17, 15) is 0 Å². The summed E-state index contributed by atoms with van der Waals surface area (Å²) in [4.78, 5) is 0. The van der Waals surface area contributed by atoms with Gasteiger partial charge in [0.25, 0.3) is 0 Å². The summed E-state index contributed by atoms with van der Waals surface area (Å²) in [6.07, 6.45) is 2.30. The second-order valence-corrected chi connectivity index (χ2v) is 5.05. The zero-order chi connectivity index (χ0) is 14.4. The summed E-state index contributed by atoms with van der Waals surface area (Å²) in [6, 6.07) is 18.7. The van der Waals surface area contributed by atoms with E-state index in [1.54, 1.807) is 0 Å². The lowest BCUT2D eigenvalue weighted by molar-refractivity contribution is 0.882. The zero-order valence-corrected chi connectivity index (χ0v) is 12.1.